The van der Waals surface area contributed by atoms with Gasteiger partial charge in [0, 0.05) is 5.39 Å². The third-order valence-corrected chi connectivity index (χ3v) is 3.02. The first-order valence-corrected chi connectivity index (χ1v) is 6.51. The Labute approximate surface area is 112 Å². The maximum Gasteiger partial charge on any atom is 0.357 e. The Morgan fingerprint density at radius 1 is 1.21 bits per heavy atom. The number of rotatable bonds is 4. The maximum atomic E-state index is 11.3. The molecule has 1 unspecified atom stereocenters. The Balaban J connectivity index is 2.51. The Bertz CT molecular complexity index is 638. The molecular formula is C13H12O5S. The van der Waals surface area contributed by atoms with Crippen LogP contribution in [0.1, 0.15) is 5.56 Å². The fourth-order valence-electron chi connectivity index (χ4n) is 1.87. The first kappa shape index (κ1) is 13.5. The van der Waals surface area contributed by atoms with Gasteiger partial charge in [0.2, 0.25) is 0 Å². The van der Waals surface area contributed by atoms with Crippen LogP contribution in [-0.2, 0) is 27.3 Å². The van der Waals surface area contributed by atoms with Crippen LogP contribution in [0.4, 0.5) is 0 Å². The van der Waals surface area contributed by atoms with Crippen LogP contribution in [0.2, 0.25) is 0 Å². The second kappa shape index (κ2) is 5.81. The highest BCUT2D eigenvalue weighted by Crippen LogP contribution is 2.29. The molecule has 2 aromatic rings. The van der Waals surface area contributed by atoms with Gasteiger partial charge in [-0.1, -0.05) is 30.3 Å². The molecule has 100 valence electrons. The lowest BCUT2D eigenvalue weighted by Crippen LogP contribution is -2.05. The van der Waals surface area contributed by atoms with Crippen LogP contribution < -0.4 is 4.18 Å². The molecule has 0 aromatic heterocycles. The predicted molar refractivity (Wildman–Crippen MR) is 71.1 cm³/mol. The van der Waals surface area contributed by atoms with Gasteiger partial charge in [-0.3, -0.25) is 9.35 Å². The van der Waals surface area contributed by atoms with E-state index in [1.165, 1.54) is 7.11 Å². The SMILES string of the molecule is COC(=O)Cc1ccc(OS(=O)O)c2ccccc12. The maximum absolute atomic E-state index is 11.3. The Morgan fingerprint density at radius 2 is 1.89 bits per heavy atom. The number of esters is 1. The summed E-state index contributed by atoms with van der Waals surface area (Å²) < 4.78 is 29.0. The number of hydrogen-bond donors (Lipinski definition) is 1. The summed E-state index contributed by atoms with van der Waals surface area (Å²) in [5, 5.41) is 1.46. The van der Waals surface area contributed by atoms with Crippen molar-refractivity contribution in [2.45, 2.75) is 6.42 Å². The van der Waals surface area contributed by atoms with Gasteiger partial charge in [0.15, 0.2) is 0 Å². The lowest BCUT2D eigenvalue weighted by molar-refractivity contribution is -0.139. The fraction of sp³-hybridized carbons (Fsp3) is 0.154. The van der Waals surface area contributed by atoms with Crippen molar-refractivity contribution in [3.05, 3.63) is 42.0 Å². The van der Waals surface area contributed by atoms with E-state index in [1.807, 2.05) is 12.1 Å². The van der Waals surface area contributed by atoms with Crippen molar-refractivity contribution in [1.82, 2.24) is 0 Å². The van der Waals surface area contributed by atoms with Crippen LogP contribution in [0.3, 0.4) is 0 Å². The summed E-state index contributed by atoms with van der Waals surface area (Å²) in [6.07, 6.45) is 0.138. The van der Waals surface area contributed by atoms with E-state index in [2.05, 4.69) is 4.74 Å². The largest absolute Gasteiger partial charge is 0.469 e. The monoisotopic (exact) mass is 280 g/mol. The van der Waals surface area contributed by atoms with Crippen LogP contribution in [0.15, 0.2) is 36.4 Å². The van der Waals surface area contributed by atoms with Crippen LogP contribution in [-0.4, -0.2) is 21.8 Å². The molecule has 0 aliphatic heterocycles. The highest BCUT2D eigenvalue weighted by molar-refractivity contribution is 7.74. The topological polar surface area (TPSA) is 72.8 Å². The van der Waals surface area contributed by atoms with Gasteiger partial charge in [-0.05, 0) is 17.0 Å². The number of carbonyl (C=O) groups excluding carboxylic acids is 1. The summed E-state index contributed by atoms with van der Waals surface area (Å²) in [6, 6.07) is 10.4. The van der Waals surface area contributed by atoms with E-state index >= 15 is 0 Å². The van der Waals surface area contributed by atoms with Crippen molar-refractivity contribution in [3.63, 3.8) is 0 Å². The normalized spacial score (nSPS) is 12.1. The molecule has 6 heteroatoms. The molecular weight excluding hydrogens is 268 g/mol. The second-order valence-corrected chi connectivity index (χ2v) is 4.42. The molecule has 0 aliphatic carbocycles. The summed E-state index contributed by atoms with van der Waals surface area (Å²) >= 11 is -2.38. The highest BCUT2D eigenvalue weighted by Gasteiger charge is 2.11. The standard InChI is InChI=1S/C13H12O5S/c1-17-13(14)8-9-6-7-12(18-19(15)16)11-5-3-2-4-10(9)11/h2-7H,8H2,1H3,(H,15,16). The number of benzene rings is 2. The summed E-state index contributed by atoms with van der Waals surface area (Å²) in [5.74, 6) is -0.0467. The van der Waals surface area contributed by atoms with E-state index in [1.54, 1.807) is 24.3 Å². The molecule has 0 heterocycles. The predicted octanol–water partition coefficient (Wildman–Crippen LogP) is 2.07. The third kappa shape index (κ3) is 3.10. The molecule has 0 aliphatic rings. The smallest absolute Gasteiger partial charge is 0.357 e. The molecule has 1 atom stereocenters. The zero-order valence-corrected chi connectivity index (χ0v) is 11.0. The number of fused-ring (bicyclic) bond motifs is 1. The van der Waals surface area contributed by atoms with Crippen molar-refractivity contribution in [1.29, 1.82) is 0 Å². The van der Waals surface area contributed by atoms with Crippen molar-refractivity contribution < 1.29 is 22.5 Å². The van der Waals surface area contributed by atoms with Gasteiger partial charge in [0.05, 0.1) is 13.5 Å². The molecule has 19 heavy (non-hydrogen) atoms. The van der Waals surface area contributed by atoms with Crippen molar-refractivity contribution in [2.24, 2.45) is 0 Å². The van der Waals surface area contributed by atoms with Gasteiger partial charge in [-0.25, -0.2) is 0 Å². The van der Waals surface area contributed by atoms with Gasteiger partial charge in [-0.15, -0.1) is 0 Å². The molecule has 2 rings (SSSR count). The molecule has 0 fully saturated rings. The van der Waals surface area contributed by atoms with Gasteiger partial charge in [-0.2, -0.15) is 4.21 Å². The first-order chi connectivity index (χ1) is 9.11. The molecule has 1 N–H and O–H groups in total. The Morgan fingerprint density at radius 3 is 2.53 bits per heavy atom. The van der Waals surface area contributed by atoms with E-state index in [0.29, 0.717) is 11.1 Å². The number of methoxy groups -OCH3 is 1. The lowest BCUT2D eigenvalue weighted by Gasteiger charge is -2.09. The summed E-state index contributed by atoms with van der Waals surface area (Å²) in [6.45, 7) is 0. The number of hydrogen-bond acceptors (Lipinski definition) is 4. The molecule has 0 radical (unpaired) electrons. The van der Waals surface area contributed by atoms with E-state index in [9.17, 15) is 9.00 Å². The molecule has 0 spiro atoms. The van der Waals surface area contributed by atoms with Crippen LogP contribution in [0, 0.1) is 0 Å². The summed E-state index contributed by atoms with van der Waals surface area (Å²) in [5.41, 5.74) is 0.776. The minimum Gasteiger partial charge on any atom is -0.469 e. The van der Waals surface area contributed by atoms with E-state index in [-0.39, 0.29) is 12.4 Å². The van der Waals surface area contributed by atoms with Crippen LogP contribution >= 0.6 is 0 Å². The van der Waals surface area contributed by atoms with Gasteiger partial charge < -0.3 is 8.92 Å². The van der Waals surface area contributed by atoms with Crippen molar-refractivity contribution in [3.8, 4) is 5.75 Å². The highest BCUT2D eigenvalue weighted by atomic mass is 32.2. The summed E-state index contributed by atoms with van der Waals surface area (Å²) in [7, 11) is 1.33. The van der Waals surface area contributed by atoms with E-state index in [0.717, 1.165) is 10.9 Å². The summed E-state index contributed by atoms with van der Waals surface area (Å²) in [4.78, 5) is 11.3. The van der Waals surface area contributed by atoms with E-state index in [4.69, 9.17) is 8.74 Å². The fourth-order valence-corrected chi connectivity index (χ4v) is 2.16. The quantitative estimate of drug-likeness (QED) is 0.685. The average Bonchev–Trinajstić information content (AvgIpc) is 2.41. The molecule has 2 aromatic carbocycles. The molecule has 0 saturated carbocycles. The van der Waals surface area contributed by atoms with Crippen molar-refractivity contribution >= 4 is 28.1 Å². The Hall–Kier alpha value is -1.92. The Kier molecular flexibility index (Phi) is 4.13. The molecule has 0 bridgehead atoms. The number of ether oxygens (including phenoxy) is 1. The zero-order chi connectivity index (χ0) is 13.8. The third-order valence-electron chi connectivity index (χ3n) is 2.70. The minimum absolute atomic E-state index is 0.138. The zero-order valence-electron chi connectivity index (χ0n) is 10.2. The number of carbonyl (C=O) groups is 1. The minimum atomic E-state index is -2.38. The van der Waals surface area contributed by atoms with Gasteiger partial charge in [0.25, 0.3) is 0 Å². The van der Waals surface area contributed by atoms with Crippen LogP contribution in [0.5, 0.6) is 5.75 Å². The average molecular weight is 280 g/mol. The first-order valence-electron chi connectivity index (χ1n) is 5.48. The van der Waals surface area contributed by atoms with Crippen molar-refractivity contribution in [2.75, 3.05) is 7.11 Å². The van der Waals surface area contributed by atoms with Gasteiger partial charge >= 0.3 is 17.3 Å². The second-order valence-electron chi connectivity index (χ2n) is 3.82. The lowest BCUT2D eigenvalue weighted by atomic mass is 10.0. The molecule has 0 amide bonds. The van der Waals surface area contributed by atoms with E-state index < -0.39 is 11.4 Å². The van der Waals surface area contributed by atoms with Crippen LogP contribution in [0.25, 0.3) is 10.8 Å². The van der Waals surface area contributed by atoms with Gasteiger partial charge in [0.1, 0.15) is 5.75 Å². The molecule has 0 saturated heterocycles. The molecule has 5 nitrogen and oxygen atoms in total.